The van der Waals surface area contributed by atoms with Crippen LogP contribution in [0.4, 0.5) is 0 Å². The maximum atomic E-state index is 11.7. The second-order valence-corrected chi connectivity index (χ2v) is 5.48. The van der Waals surface area contributed by atoms with Gasteiger partial charge in [0, 0.05) is 4.88 Å². The molecular formula is C10H11N3O3S2. The normalized spacial score (nSPS) is 12.5. The van der Waals surface area contributed by atoms with E-state index in [0.29, 0.717) is 5.16 Å². The number of nitrogens with zero attached hydrogens (tertiary/aromatic N) is 2. The number of hydrogen-bond acceptors (Lipinski definition) is 5. The predicted molar refractivity (Wildman–Crippen MR) is 69.3 cm³/mol. The molecule has 0 aliphatic heterocycles. The molecule has 1 atom stereocenters. The number of carboxylic acid groups (broad SMARTS) is 1. The topological polar surface area (TPSA) is 88.0 Å². The Morgan fingerprint density at radius 3 is 3.11 bits per heavy atom. The fourth-order valence-electron chi connectivity index (χ4n) is 1.52. The van der Waals surface area contributed by atoms with Gasteiger partial charge in [-0.3, -0.25) is 9.36 Å². The van der Waals surface area contributed by atoms with E-state index < -0.39 is 5.97 Å². The molecule has 6 nitrogen and oxygen atoms in total. The number of aromatic amines is 1. The van der Waals surface area contributed by atoms with Crippen molar-refractivity contribution in [1.82, 2.24) is 14.8 Å². The molecule has 0 bridgehead atoms. The van der Waals surface area contributed by atoms with Gasteiger partial charge in [0.25, 0.3) is 0 Å². The summed E-state index contributed by atoms with van der Waals surface area (Å²) in [6.07, 6.45) is 0. The highest BCUT2D eigenvalue weighted by Crippen LogP contribution is 2.25. The van der Waals surface area contributed by atoms with Crippen LogP contribution in [0.5, 0.6) is 0 Å². The van der Waals surface area contributed by atoms with Gasteiger partial charge >= 0.3 is 11.7 Å². The van der Waals surface area contributed by atoms with Crippen molar-refractivity contribution in [3.63, 3.8) is 0 Å². The molecule has 2 heterocycles. The molecule has 0 radical (unpaired) electrons. The van der Waals surface area contributed by atoms with E-state index in [1.807, 2.05) is 24.4 Å². The van der Waals surface area contributed by atoms with E-state index in [1.165, 1.54) is 4.57 Å². The molecule has 1 unspecified atom stereocenters. The minimum absolute atomic E-state index is 0.124. The Labute approximate surface area is 111 Å². The van der Waals surface area contributed by atoms with Crippen LogP contribution in [-0.4, -0.2) is 31.6 Å². The summed E-state index contributed by atoms with van der Waals surface area (Å²) in [4.78, 5) is 23.3. The zero-order chi connectivity index (χ0) is 13.1. The third kappa shape index (κ3) is 2.65. The van der Waals surface area contributed by atoms with Crippen LogP contribution in [0.15, 0.2) is 27.5 Å². The van der Waals surface area contributed by atoms with E-state index in [9.17, 15) is 9.59 Å². The van der Waals surface area contributed by atoms with Crippen LogP contribution >= 0.6 is 23.1 Å². The highest BCUT2D eigenvalue weighted by atomic mass is 32.2. The number of thioether (sulfide) groups is 1. The van der Waals surface area contributed by atoms with Gasteiger partial charge < -0.3 is 5.11 Å². The highest BCUT2D eigenvalue weighted by molar-refractivity contribution is 7.99. The third-order valence-electron chi connectivity index (χ3n) is 2.34. The van der Waals surface area contributed by atoms with E-state index in [-0.39, 0.29) is 17.5 Å². The second kappa shape index (κ2) is 5.40. The number of hydrogen-bond donors (Lipinski definition) is 2. The van der Waals surface area contributed by atoms with Gasteiger partial charge in [0.1, 0.15) is 0 Å². The molecule has 0 aliphatic carbocycles. The van der Waals surface area contributed by atoms with Crippen LogP contribution in [0.3, 0.4) is 0 Å². The molecule has 96 valence electrons. The Bertz CT molecular complexity index is 588. The lowest BCUT2D eigenvalue weighted by molar-refractivity contribution is -0.133. The van der Waals surface area contributed by atoms with Gasteiger partial charge in [-0.05, 0) is 18.4 Å². The van der Waals surface area contributed by atoms with Crippen LogP contribution in [-0.2, 0) is 4.79 Å². The zero-order valence-electron chi connectivity index (χ0n) is 9.49. The van der Waals surface area contributed by atoms with Gasteiger partial charge in [-0.25, -0.2) is 9.89 Å². The van der Waals surface area contributed by atoms with Crippen molar-refractivity contribution in [1.29, 1.82) is 0 Å². The minimum atomic E-state index is -0.939. The molecule has 0 aliphatic rings. The molecule has 0 amide bonds. The first-order valence-corrected chi connectivity index (χ1v) is 7.01. The molecule has 2 rings (SSSR count). The van der Waals surface area contributed by atoms with Crippen LogP contribution in [0.2, 0.25) is 0 Å². The molecule has 0 saturated carbocycles. The predicted octanol–water partition coefficient (Wildman–Crippen LogP) is 1.42. The van der Waals surface area contributed by atoms with Crippen molar-refractivity contribution >= 4 is 29.1 Å². The van der Waals surface area contributed by atoms with E-state index in [0.717, 1.165) is 16.6 Å². The van der Waals surface area contributed by atoms with E-state index >= 15 is 0 Å². The summed E-state index contributed by atoms with van der Waals surface area (Å²) in [7, 11) is 0. The number of carbonyl (C=O) groups is 1. The quantitative estimate of drug-likeness (QED) is 0.811. The van der Waals surface area contributed by atoms with Crippen molar-refractivity contribution < 1.29 is 9.90 Å². The van der Waals surface area contributed by atoms with E-state index in [1.54, 1.807) is 11.3 Å². The molecule has 0 saturated heterocycles. The van der Waals surface area contributed by atoms with Crippen LogP contribution < -0.4 is 5.69 Å². The molecular weight excluding hydrogens is 274 g/mol. The average Bonchev–Trinajstić information content (AvgIpc) is 2.94. The number of thiophene rings is 1. The summed E-state index contributed by atoms with van der Waals surface area (Å²) in [5.41, 5.74) is -0.330. The van der Waals surface area contributed by atoms with Crippen molar-refractivity contribution in [2.45, 2.75) is 18.1 Å². The number of rotatable bonds is 5. The minimum Gasteiger partial charge on any atom is -0.481 e. The first-order valence-electron chi connectivity index (χ1n) is 5.14. The summed E-state index contributed by atoms with van der Waals surface area (Å²) in [6.45, 7) is 1.88. The van der Waals surface area contributed by atoms with Crippen LogP contribution in [0.1, 0.15) is 17.8 Å². The molecule has 0 fully saturated rings. The van der Waals surface area contributed by atoms with Gasteiger partial charge in [0.15, 0.2) is 5.16 Å². The molecule has 8 heteroatoms. The van der Waals surface area contributed by atoms with E-state index in [2.05, 4.69) is 10.2 Å². The van der Waals surface area contributed by atoms with Gasteiger partial charge in [0.2, 0.25) is 0 Å². The summed E-state index contributed by atoms with van der Waals surface area (Å²) < 4.78 is 1.47. The number of H-pyrrole nitrogens is 1. The fraction of sp³-hybridized carbons (Fsp3) is 0.300. The molecule has 2 aromatic rings. The largest absolute Gasteiger partial charge is 0.481 e. The summed E-state index contributed by atoms with van der Waals surface area (Å²) in [5, 5.41) is 17.2. The number of aliphatic carboxylic acids is 1. The van der Waals surface area contributed by atoms with Gasteiger partial charge in [0.05, 0.1) is 11.8 Å². The highest BCUT2D eigenvalue weighted by Gasteiger charge is 2.18. The lowest BCUT2D eigenvalue weighted by atomic mass is 10.3. The second-order valence-electron chi connectivity index (χ2n) is 3.56. The Balaban J connectivity index is 2.29. The average molecular weight is 285 g/mol. The van der Waals surface area contributed by atoms with Crippen molar-refractivity contribution in [2.24, 2.45) is 0 Å². The van der Waals surface area contributed by atoms with Crippen molar-refractivity contribution in [3.05, 3.63) is 32.9 Å². The lowest BCUT2D eigenvalue weighted by Gasteiger charge is -2.11. The van der Waals surface area contributed by atoms with Crippen LogP contribution in [0.25, 0.3) is 0 Å². The third-order valence-corrected chi connectivity index (χ3v) is 4.32. The lowest BCUT2D eigenvalue weighted by Crippen LogP contribution is -2.21. The van der Waals surface area contributed by atoms with Gasteiger partial charge in [-0.2, -0.15) is 0 Å². The number of nitrogens with one attached hydrogen (secondary N) is 1. The molecule has 0 spiro atoms. The number of carboxylic acids is 1. The molecule has 2 N–H and O–H groups in total. The standard InChI is InChI=1S/C10H11N3O3S2/c1-6(7-3-2-4-17-7)13-9(16)11-12-10(13)18-5-8(14)15/h2-4,6H,5H2,1H3,(H,11,16)(H,14,15). The Morgan fingerprint density at radius 1 is 1.72 bits per heavy atom. The van der Waals surface area contributed by atoms with Gasteiger partial charge in [-0.1, -0.05) is 17.8 Å². The van der Waals surface area contributed by atoms with Crippen molar-refractivity contribution in [3.8, 4) is 0 Å². The molecule has 0 aromatic carbocycles. The van der Waals surface area contributed by atoms with Crippen LogP contribution in [0, 0.1) is 0 Å². The molecule has 18 heavy (non-hydrogen) atoms. The number of aromatic nitrogens is 3. The Hall–Kier alpha value is -1.54. The first kappa shape index (κ1) is 12.9. The smallest absolute Gasteiger partial charge is 0.344 e. The zero-order valence-corrected chi connectivity index (χ0v) is 11.1. The van der Waals surface area contributed by atoms with E-state index in [4.69, 9.17) is 5.11 Å². The summed E-state index contributed by atoms with van der Waals surface area (Å²) in [5.74, 6) is -1.06. The van der Waals surface area contributed by atoms with Gasteiger partial charge in [-0.15, -0.1) is 16.4 Å². The SMILES string of the molecule is CC(c1cccs1)n1c(SCC(=O)O)n[nH]c1=O. The first-order chi connectivity index (χ1) is 8.59. The maximum absolute atomic E-state index is 11.7. The summed E-state index contributed by atoms with van der Waals surface area (Å²) in [6, 6.07) is 3.68. The molecule has 2 aromatic heterocycles. The maximum Gasteiger partial charge on any atom is 0.344 e. The summed E-state index contributed by atoms with van der Waals surface area (Å²) >= 11 is 2.57. The monoisotopic (exact) mass is 285 g/mol. The van der Waals surface area contributed by atoms with Crippen molar-refractivity contribution in [2.75, 3.05) is 5.75 Å². The Morgan fingerprint density at radius 2 is 2.50 bits per heavy atom. The fourth-order valence-corrected chi connectivity index (χ4v) is 3.03. The Kier molecular flexibility index (Phi) is 3.87.